The topological polar surface area (TPSA) is 29.5 Å². The van der Waals surface area contributed by atoms with Crippen molar-refractivity contribution in [2.75, 3.05) is 13.1 Å². The van der Waals surface area contributed by atoms with Gasteiger partial charge in [-0.1, -0.05) is 39.0 Å². The minimum absolute atomic E-state index is 0.139. The third-order valence-electron chi connectivity index (χ3n) is 3.81. The zero-order valence-electron chi connectivity index (χ0n) is 13.2. The zero-order chi connectivity index (χ0) is 14.3. The average molecular weight is 269 g/mol. The second-order valence-electron chi connectivity index (χ2n) is 6.73. The summed E-state index contributed by atoms with van der Waals surface area (Å²) in [6, 6.07) is 0. The van der Waals surface area contributed by atoms with E-state index in [-0.39, 0.29) is 11.7 Å². The molecule has 0 spiro atoms. The third kappa shape index (κ3) is 6.84. The highest BCUT2D eigenvalue weighted by molar-refractivity contribution is 5.68. The SMILES string of the molecule is CCC1CCCCN(C(=O)OC(C)(C)C)CCCC1. The molecule has 19 heavy (non-hydrogen) atoms. The monoisotopic (exact) mass is 269 g/mol. The minimum Gasteiger partial charge on any atom is -0.444 e. The maximum absolute atomic E-state index is 12.1. The largest absolute Gasteiger partial charge is 0.444 e. The van der Waals surface area contributed by atoms with Gasteiger partial charge in [-0.15, -0.1) is 0 Å². The van der Waals surface area contributed by atoms with Gasteiger partial charge >= 0.3 is 6.09 Å². The van der Waals surface area contributed by atoms with E-state index in [1.54, 1.807) is 0 Å². The molecule has 0 radical (unpaired) electrons. The molecule has 0 N–H and O–H groups in total. The first-order chi connectivity index (χ1) is 8.92. The van der Waals surface area contributed by atoms with E-state index in [1.165, 1.54) is 32.1 Å². The minimum atomic E-state index is -0.389. The molecule has 112 valence electrons. The van der Waals surface area contributed by atoms with Gasteiger partial charge in [-0.25, -0.2) is 4.79 Å². The summed E-state index contributed by atoms with van der Waals surface area (Å²) in [5, 5.41) is 0. The molecular formula is C16H31NO2. The Morgan fingerprint density at radius 3 is 2.05 bits per heavy atom. The molecule has 0 saturated carbocycles. The van der Waals surface area contributed by atoms with Gasteiger partial charge in [-0.2, -0.15) is 0 Å². The summed E-state index contributed by atoms with van der Waals surface area (Å²) in [6.45, 7) is 9.79. The van der Waals surface area contributed by atoms with Crippen molar-refractivity contribution in [3.05, 3.63) is 0 Å². The molecular weight excluding hydrogens is 238 g/mol. The van der Waals surface area contributed by atoms with Crippen LogP contribution in [0, 0.1) is 5.92 Å². The molecule has 1 saturated heterocycles. The summed E-state index contributed by atoms with van der Waals surface area (Å²) in [7, 11) is 0. The number of carbonyl (C=O) groups is 1. The van der Waals surface area contributed by atoms with Crippen LogP contribution in [0.15, 0.2) is 0 Å². The van der Waals surface area contributed by atoms with Crippen molar-refractivity contribution >= 4 is 6.09 Å². The van der Waals surface area contributed by atoms with Gasteiger partial charge in [0.2, 0.25) is 0 Å². The van der Waals surface area contributed by atoms with Crippen LogP contribution in [-0.2, 0) is 4.74 Å². The van der Waals surface area contributed by atoms with Crippen molar-refractivity contribution in [2.24, 2.45) is 5.92 Å². The summed E-state index contributed by atoms with van der Waals surface area (Å²) < 4.78 is 5.47. The van der Waals surface area contributed by atoms with E-state index in [4.69, 9.17) is 4.74 Å². The van der Waals surface area contributed by atoms with E-state index in [9.17, 15) is 4.79 Å². The lowest BCUT2D eigenvalue weighted by molar-refractivity contribution is 0.0239. The number of carbonyl (C=O) groups excluding carboxylic acids is 1. The van der Waals surface area contributed by atoms with Gasteiger partial charge in [-0.05, 0) is 39.5 Å². The molecule has 1 heterocycles. The lowest BCUT2D eigenvalue weighted by atomic mass is 9.93. The zero-order valence-corrected chi connectivity index (χ0v) is 13.2. The van der Waals surface area contributed by atoms with Crippen LogP contribution in [0.3, 0.4) is 0 Å². The summed E-state index contributed by atoms with van der Waals surface area (Å²) >= 11 is 0. The smallest absolute Gasteiger partial charge is 0.410 e. The van der Waals surface area contributed by atoms with E-state index in [0.29, 0.717) is 0 Å². The molecule has 1 aliphatic heterocycles. The van der Waals surface area contributed by atoms with Crippen LogP contribution in [0.5, 0.6) is 0 Å². The lowest BCUT2D eigenvalue weighted by Crippen LogP contribution is -2.38. The van der Waals surface area contributed by atoms with Crippen LogP contribution in [-0.4, -0.2) is 29.7 Å². The third-order valence-corrected chi connectivity index (χ3v) is 3.81. The van der Waals surface area contributed by atoms with Crippen molar-refractivity contribution in [1.29, 1.82) is 0 Å². The Kier molecular flexibility index (Phi) is 6.67. The molecule has 0 unspecified atom stereocenters. The van der Waals surface area contributed by atoms with Gasteiger partial charge in [0.1, 0.15) is 5.60 Å². The van der Waals surface area contributed by atoms with Crippen molar-refractivity contribution in [3.8, 4) is 0 Å². The second kappa shape index (κ2) is 7.76. The first kappa shape index (κ1) is 16.3. The number of ether oxygens (including phenoxy) is 1. The van der Waals surface area contributed by atoms with Crippen LogP contribution in [0.4, 0.5) is 4.79 Å². The molecule has 0 atom stereocenters. The number of amides is 1. The molecule has 1 amide bonds. The molecule has 0 bridgehead atoms. The second-order valence-corrected chi connectivity index (χ2v) is 6.73. The molecule has 0 aromatic carbocycles. The van der Waals surface area contributed by atoms with Crippen molar-refractivity contribution in [2.45, 2.75) is 78.2 Å². The molecule has 1 rings (SSSR count). The van der Waals surface area contributed by atoms with E-state index in [2.05, 4.69) is 6.92 Å². The summed E-state index contributed by atoms with van der Waals surface area (Å²) in [5.41, 5.74) is -0.389. The number of nitrogens with zero attached hydrogens (tertiary/aromatic N) is 1. The van der Waals surface area contributed by atoms with Crippen LogP contribution in [0.2, 0.25) is 0 Å². The maximum atomic E-state index is 12.1. The first-order valence-electron chi connectivity index (χ1n) is 7.90. The molecule has 1 aliphatic rings. The van der Waals surface area contributed by atoms with E-state index >= 15 is 0 Å². The van der Waals surface area contributed by atoms with E-state index < -0.39 is 0 Å². The Bertz CT molecular complexity index is 258. The Hall–Kier alpha value is -0.730. The van der Waals surface area contributed by atoms with Gasteiger partial charge in [0.15, 0.2) is 0 Å². The maximum Gasteiger partial charge on any atom is 0.410 e. The average Bonchev–Trinajstić information content (AvgIpc) is 2.33. The van der Waals surface area contributed by atoms with Crippen LogP contribution in [0.25, 0.3) is 0 Å². The van der Waals surface area contributed by atoms with Crippen molar-refractivity contribution in [1.82, 2.24) is 4.90 Å². The Balaban J connectivity index is 2.45. The molecule has 0 aromatic heterocycles. The number of rotatable bonds is 1. The lowest BCUT2D eigenvalue weighted by Gasteiger charge is -2.28. The fraction of sp³-hybridized carbons (Fsp3) is 0.938. The standard InChI is InChI=1S/C16H31NO2/c1-5-14-10-6-8-12-17(13-9-7-11-14)15(18)19-16(2,3)4/h14H,5-13H2,1-4H3. The van der Waals surface area contributed by atoms with Crippen LogP contribution >= 0.6 is 0 Å². The highest BCUT2D eigenvalue weighted by atomic mass is 16.6. The van der Waals surface area contributed by atoms with Gasteiger partial charge in [-0.3, -0.25) is 0 Å². The normalized spacial score (nSPS) is 20.1. The van der Waals surface area contributed by atoms with Gasteiger partial charge in [0, 0.05) is 13.1 Å². The summed E-state index contributed by atoms with van der Waals surface area (Å²) in [4.78, 5) is 14.0. The fourth-order valence-corrected chi connectivity index (χ4v) is 2.64. The first-order valence-corrected chi connectivity index (χ1v) is 7.90. The quantitative estimate of drug-likeness (QED) is 0.696. The Morgan fingerprint density at radius 1 is 1.11 bits per heavy atom. The molecule has 3 nitrogen and oxygen atoms in total. The van der Waals surface area contributed by atoms with Gasteiger partial charge in [0.05, 0.1) is 0 Å². The highest BCUT2D eigenvalue weighted by Crippen LogP contribution is 2.21. The van der Waals surface area contributed by atoms with Crippen molar-refractivity contribution in [3.63, 3.8) is 0 Å². The molecule has 3 heteroatoms. The molecule has 0 aromatic rings. The fourth-order valence-electron chi connectivity index (χ4n) is 2.64. The molecule has 0 aliphatic carbocycles. The van der Waals surface area contributed by atoms with Gasteiger partial charge in [0.25, 0.3) is 0 Å². The predicted molar refractivity (Wildman–Crippen MR) is 79.3 cm³/mol. The summed E-state index contributed by atoms with van der Waals surface area (Å²) in [6.07, 6.45) is 8.48. The number of hydrogen-bond acceptors (Lipinski definition) is 2. The Labute approximate surface area is 118 Å². The predicted octanol–water partition coefficient (Wildman–Crippen LogP) is 4.60. The van der Waals surface area contributed by atoms with E-state index in [1.807, 2.05) is 25.7 Å². The summed E-state index contributed by atoms with van der Waals surface area (Å²) in [5.74, 6) is 0.896. The van der Waals surface area contributed by atoms with Crippen molar-refractivity contribution < 1.29 is 9.53 Å². The van der Waals surface area contributed by atoms with Crippen LogP contribution in [0.1, 0.15) is 72.6 Å². The van der Waals surface area contributed by atoms with E-state index in [0.717, 1.165) is 31.8 Å². The Morgan fingerprint density at radius 2 is 1.63 bits per heavy atom. The number of hydrogen-bond donors (Lipinski definition) is 0. The highest BCUT2D eigenvalue weighted by Gasteiger charge is 2.22. The molecule has 1 fully saturated rings. The van der Waals surface area contributed by atoms with Crippen LogP contribution < -0.4 is 0 Å². The van der Waals surface area contributed by atoms with Gasteiger partial charge < -0.3 is 9.64 Å².